The molecule has 2 aliphatic rings. The van der Waals surface area contributed by atoms with Crippen LogP contribution >= 0.6 is 23.5 Å². The minimum Gasteiger partial charge on any atom is -0.477 e. The van der Waals surface area contributed by atoms with Crippen LogP contribution in [0.4, 0.5) is 0 Å². The van der Waals surface area contributed by atoms with Crippen LogP contribution in [-0.4, -0.2) is 77.4 Å². The Morgan fingerprint density at radius 1 is 1.54 bits per heavy atom. The van der Waals surface area contributed by atoms with Gasteiger partial charge in [-0.2, -0.15) is 5.21 Å². The van der Waals surface area contributed by atoms with Gasteiger partial charge in [0.15, 0.2) is 0 Å². The van der Waals surface area contributed by atoms with Crippen LogP contribution in [0.1, 0.15) is 26.2 Å². The lowest BCUT2D eigenvalue weighted by Crippen LogP contribution is -2.68. The zero-order chi connectivity index (χ0) is 20.3. The Labute approximate surface area is 169 Å². The molecule has 3 rings (SSSR count). The number of rotatable bonds is 9. The normalized spacial score (nSPS) is 22.5. The van der Waals surface area contributed by atoms with Crippen molar-refractivity contribution in [2.75, 3.05) is 12.3 Å². The maximum absolute atomic E-state index is 12.2. The quantitative estimate of drug-likeness (QED) is 0.299. The molecule has 1 fully saturated rings. The van der Waals surface area contributed by atoms with Gasteiger partial charge in [-0.25, -0.2) is 4.79 Å². The van der Waals surface area contributed by atoms with Gasteiger partial charge in [-0.3, -0.25) is 14.5 Å². The van der Waals surface area contributed by atoms with E-state index in [0.717, 1.165) is 6.42 Å². The van der Waals surface area contributed by atoms with Crippen LogP contribution in [0.5, 0.6) is 0 Å². The van der Waals surface area contributed by atoms with Crippen LogP contribution in [0.15, 0.2) is 16.4 Å². The Bertz CT molecular complexity index is 785. The topological polar surface area (TPSA) is 167 Å². The predicted molar refractivity (Wildman–Crippen MR) is 102 cm³/mol. The van der Waals surface area contributed by atoms with Gasteiger partial charge in [-0.05, 0) is 23.6 Å². The summed E-state index contributed by atoms with van der Waals surface area (Å²) in [5.41, 5.74) is 6.31. The van der Waals surface area contributed by atoms with Crippen molar-refractivity contribution in [2.24, 2.45) is 5.73 Å². The fourth-order valence-corrected chi connectivity index (χ4v) is 5.52. The van der Waals surface area contributed by atoms with Crippen molar-refractivity contribution in [1.82, 2.24) is 30.8 Å². The standard InChI is InChI=1S/C15H21N7O4S2/c1-2-5-17-9(23)4-3-8(28-15-18-20-21-19-15)7-6-27-13-10(16)12(24)22(13)11(7)14(25)26/h8,10,13H,2-6,16H2,1H3,(H,17,23)(H,25,26)(H,18,19,20,21)/t8?,10?,13-/m0/s1. The number of nitrogens with zero attached hydrogens (tertiary/aromatic N) is 4. The molecule has 2 aliphatic heterocycles. The van der Waals surface area contributed by atoms with E-state index in [4.69, 9.17) is 5.73 Å². The monoisotopic (exact) mass is 427 g/mol. The summed E-state index contributed by atoms with van der Waals surface area (Å²) in [7, 11) is 0. The molecule has 2 unspecified atom stereocenters. The molecule has 13 heteroatoms. The van der Waals surface area contributed by atoms with Crippen molar-refractivity contribution < 1.29 is 19.5 Å². The van der Waals surface area contributed by atoms with Crippen LogP contribution < -0.4 is 11.1 Å². The highest BCUT2D eigenvalue weighted by Gasteiger charge is 2.52. The first-order valence-electron chi connectivity index (χ1n) is 8.77. The SMILES string of the molecule is CCCNC(=O)CCC(Sc1nn[nH]n1)C1=C(C(=O)O)N2C(=O)C(N)[C@@H]2SC1. The number of carboxylic acid groups (broad SMARTS) is 1. The second kappa shape index (κ2) is 8.92. The van der Waals surface area contributed by atoms with Crippen molar-refractivity contribution in [3.63, 3.8) is 0 Å². The van der Waals surface area contributed by atoms with Crippen LogP contribution in [-0.2, 0) is 14.4 Å². The van der Waals surface area contributed by atoms with E-state index in [1.165, 1.54) is 28.4 Å². The Balaban J connectivity index is 1.85. The number of thioether (sulfide) groups is 2. The number of β-lactam (4-membered cyclic amide) rings is 1. The number of carbonyl (C=O) groups is 3. The molecule has 28 heavy (non-hydrogen) atoms. The number of aromatic nitrogens is 4. The van der Waals surface area contributed by atoms with E-state index in [1.54, 1.807) is 0 Å². The molecular weight excluding hydrogens is 406 g/mol. The summed E-state index contributed by atoms with van der Waals surface area (Å²) in [5, 5.41) is 25.8. The first kappa shape index (κ1) is 20.6. The minimum absolute atomic E-state index is 0.0505. The molecule has 3 atom stereocenters. The number of carboxylic acids is 1. The minimum atomic E-state index is -1.19. The van der Waals surface area contributed by atoms with Crippen LogP contribution in [0, 0.1) is 0 Å². The van der Waals surface area contributed by atoms with E-state index in [-0.39, 0.29) is 23.4 Å². The van der Waals surface area contributed by atoms with Crippen molar-refractivity contribution in [3.05, 3.63) is 11.3 Å². The van der Waals surface area contributed by atoms with Crippen molar-refractivity contribution in [1.29, 1.82) is 0 Å². The van der Waals surface area contributed by atoms with Crippen LogP contribution in [0.3, 0.4) is 0 Å². The van der Waals surface area contributed by atoms with Gasteiger partial charge in [0.2, 0.25) is 17.0 Å². The molecule has 5 N–H and O–H groups in total. The van der Waals surface area contributed by atoms with Gasteiger partial charge in [0.1, 0.15) is 17.1 Å². The number of amides is 2. The van der Waals surface area contributed by atoms with E-state index >= 15 is 0 Å². The summed E-state index contributed by atoms with van der Waals surface area (Å²) in [6.45, 7) is 2.55. The molecule has 0 aliphatic carbocycles. The van der Waals surface area contributed by atoms with E-state index in [2.05, 4.69) is 25.9 Å². The van der Waals surface area contributed by atoms with Gasteiger partial charge in [0.25, 0.3) is 0 Å². The maximum Gasteiger partial charge on any atom is 0.352 e. The zero-order valence-corrected chi connectivity index (χ0v) is 16.8. The third-order valence-corrected chi connectivity index (χ3v) is 6.92. The Hall–Kier alpha value is -2.12. The number of hydrogen-bond acceptors (Lipinski definition) is 9. The number of aromatic amines is 1. The van der Waals surface area contributed by atoms with Crippen LogP contribution in [0.2, 0.25) is 0 Å². The van der Waals surface area contributed by atoms with Gasteiger partial charge in [0.05, 0.1) is 0 Å². The molecule has 11 nitrogen and oxygen atoms in total. The molecule has 1 aromatic rings. The first-order valence-corrected chi connectivity index (χ1v) is 10.7. The number of nitrogens with two attached hydrogens (primary N) is 1. The van der Waals surface area contributed by atoms with Gasteiger partial charge >= 0.3 is 5.97 Å². The summed E-state index contributed by atoms with van der Waals surface area (Å²) >= 11 is 2.64. The first-order chi connectivity index (χ1) is 13.4. The molecule has 1 saturated heterocycles. The second-order valence-corrected chi connectivity index (χ2v) is 8.58. The van der Waals surface area contributed by atoms with Crippen LogP contribution in [0.25, 0.3) is 0 Å². The smallest absolute Gasteiger partial charge is 0.352 e. The summed E-state index contributed by atoms with van der Waals surface area (Å²) in [5.74, 6) is -1.30. The van der Waals surface area contributed by atoms with Crippen molar-refractivity contribution in [2.45, 2.75) is 48.0 Å². The summed E-state index contributed by atoms with van der Waals surface area (Å²) < 4.78 is 0. The fraction of sp³-hybridized carbons (Fsp3) is 0.600. The average molecular weight is 428 g/mol. The highest BCUT2D eigenvalue weighted by molar-refractivity contribution is 8.01. The van der Waals surface area contributed by atoms with Crippen molar-refractivity contribution in [3.8, 4) is 0 Å². The highest BCUT2D eigenvalue weighted by Crippen LogP contribution is 2.43. The molecule has 152 valence electrons. The number of aliphatic carboxylic acids is 1. The molecule has 0 spiro atoms. The summed E-state index contributed by atoms with van der Waals surface area (Å²) in [4.78, 5) is 37.4. The fourth-order valence-electron chi connectivity index (χ4n) is 3.04. The summed E-state index contributed by atoms with van der Waals surface area (Å²) in [6, 6.07) is -0.691. The van der Waals surface area contributed by atoms with E-state index < -0.39 is 23.2 Å². The van der Waals surface area contributed by atoms with Gasteiger partial charge in [0, 0.05) is 24.0 Å². The average Bonchev–Trinajstić information content (AvgIpc) is 3.20. The zero-order valence-electron chi connectivity index (χ0n) is 15.1. The van der Waals surface area contributed by atoms with E-state index in [1.807, 2.05) is 6.92 Å². The Kier molecular flexibility index (Phi) is 6.57. The van der Waals surface area contributed by atoms with Gasteiger partial charge in [-0.1, -0.05) is 18.7 Å². The number of H-pyrrole nitrogens is 1. The second-order valence-electron chi connectivity index (χ2n) is 6.30. The number of carbonyl (C=O) groups excluding carboxylic acids is 2. The third-order valence-electron chi connectivity index (χ3n) is 4.41. The molecular formula is C15H21N7O4S2. The van der Waals surface area contributed by atoms with Gasteiger partial charge in [-0.15, -0.1) is 22.0 Å². The number of hydrogen-bond donors (Lipinski definition) is 4. The third kappa shape index (κ3) is 4.15. The van der Waals surface area contributed by atoms with E-state index in [9.17, 15) is 19.5 Å². The maximum atomic E-state index is 12.2. The number of tetrazole rings is 1. The lowest BCUT2D eigenvalue weighted by atomic mass is 10.0. The molecule has 0 aromatic carbocycles. The summed E-state index contributed by atoms with van der Waals surface area (Å²) in [6.07, 6.45) is 1.42. The molecule has 3 heterocycles. The molecule has 0 radical (unpaired) electrons. The van der Waals surface area contributed by atoms with Gasteiger partial charge < -0.3 is 16.2 Å². The Morgan fingerprint density at radius 2 is 2.32 bits per heavy atom. The molecule has 1 aromatic heterocycles. The Morgan fingerprint density at radius 3 is 2.96 bits per heavy atom. The molecule has 2 amide bonds. The number of nitrogens with one attached hydrogen (secondary N) is 2. The lowest BCUT2D eigenvalue weighted by Gasteiger charge is -2.48. The molecule has 0 saturated carbocycles. The lowest BCUT2D eigenvalue weighted by molar-refractivity contribution is -0.148. The van der Waals surface area contributed by atoms with E-state index in [0.29, 0.717) is 29.4 Å². The number of fused-ring (bicyclic) bond motifs is 1. The largest absolute Gasteiger partial charge is 0.477 e. The predicted octanol–water partition coefficient (Wildman–Crippen LogP) is -0.452. The van der Waals surface area contributed by atoms with Crippen molar-refractivity contribution >= 4 is 41.3 Å². The molecule has 0 bridgehead atoms. The highest BCUT2D eigenvalue weighted by atomic mass is 32.2.